The lowest BCUT2D eigenvalue weighted by Gasteiger charge is -2.33. The molecule has 9 heteroatoms. The Bertz CT molecular complexity index is 875. The van der Waals surface area contributed by atoms with Crippen LogP contribution in [-0.4, -0.2) is 33.1 Å². The third-order valence-electron chi connectivity index (χ3n) is 3.88. The number of primary amides is 1. The van der Waals surface area contributed by atoms with Gasteiger partial charge in [-0.15, -0.1) is 0 Å². The minimum Gasteiger partial charge on any atom is -0.466 e. The van der Waals surface area contributed by atoms with Gasteiger partial charge in [-0.25, -0.2) is 0 Å². The summed E-state index contributed by atoms with van der Waals surface area (Å²) < 4.78 is 7.09. The summed E-state index contributed by atoms with van der Waals surface area (Å²) in [6, 6.07) is 6.78. The number of ether oxygens (including phenoxy) is 1. The van der Waals surface area contributed by atoms with Crippen LogP contribution in [0.4, 0.5) is 11.4 Å². The van der Waals surface area contributed by atoms with Crippen molar-refractivity contribution in [1.82, 2.24) is 9.78 Å². The topological polar surface area (TPSA) is 128 Å². The summed E-state index contributed by atoms with van der Waals surface area (Å²) >= 11 is 0. The summed E-state index contributed by atoms with van der Waals surface area (Å²) in [5.41, 5.74) is 3.99. The van der Waals surface area contributed by atoms with Crippen molar-refractivity contribution in [3.05, 3.63) is 36.2 Å². The molecule has 1 aliphatic heterocycles. The van der Waals surface area contributed by atoms with E-state index in [1.807, 2.05) is 6.92 Å². The molecule has 9 nitrogen and oxygen atoms in total. The Morgan fingerprint density at radius 2 is 2.12 bits per heavy atom. The summed E-state index contributed by atoms with van der Waals surface area (Å²) in [5.74, 6) is -1.77. The number of fused-ring (bicyclic) bond motifs is 1. The molecular weight excluding hydrogens is 326 g/mol. The molecule has 1 atom stereocenters. The number of aromatic nitrogens is 2. The molecule has 1 aromatic carbocycles. The van der Waals surface area contributed by atoms with Crippen LogP contribution in [0.5, 0.6) is 5.75 Å². The van der Waals surface area contributed by atoms with Gasteiger partial charge in [0.05, 0.1) is 11.4 Å². The summed E-state index contributed by atoms with van der Waals surface area (Å²) in [7, 11) is 0. The fraction of sp³-hybridized carbons (Fsp3) is 0.250. The van der Waals surface area contributed by atoms with E-state index in [-0.39, 0.29) is 11.4 Å². The van der Waals surface area contributed by atoms with Crippen molar-refractivity contribution in [2.75, 3.05) is 10.6 Å². The lowest BCUT2D eigenvalue weighted by atomic mass is 10.0. The normalized spacial score (nSPS) is 18.7. The van der Waals surface area contributed by atoms with Crippen LogP contribution in [0.15, 0.2) is 30.5 Å². The maximum absolute atomic E-state index is 12.7. The number of nitrogens with zero attached hydrogens (tertiary/aromatic N) is 2. The number of benzene rings is 1. The number of carbonyl (C=O) groups is 3. The molecule has 25 heavy (non-hydrogen) atoms. The van der Waals surface area contributed by atoms with E-state index in [9.17, 15) is 14.4 Å². The summed E-state index contributed by atoms with van der Waals surface area (Å²) in [6.45, 7) is 3.65. The van der Waals surface area contributed by atoms with E-state index in [4.69, 9.17) is 10.5 Å². The number of rotatable bonds is 4. The average molecular weight is 343 g/mol. The van der Waals surface area contributed by atoms with Crippen molar-refractivity contribution in [1.29, 1.82) is 0 Å². The maximum Gasteiger partial charge on any atom is 0.278 e. The quantitative estimate of drug-likeness (QED) is 0.705. The van der Waals surface area contributed by atoms with Gasteiger partial charge >= 0.3 is 0 Å². The van der Waals surface area contributed by atoms with Crippen LogP contribution in [0.3, 0.4) is 0 Å². The lowest BCUT2D eigenvalue weighted by Crippen LogP contribution is -2.56. The van der Waals surface area contributed by atoms with E-state index in [0.717, 1.165) is 0 Å². The molecule has 2 heterocycles. The van der Waals surface area contributed by atoms with Crippen LogP contribution in [0.2, 0.25) is 0 Å². The number of para-hydroxylation sites is 2. The molecule has 0 radical (unpaired) electrons. The van der Waals surface area contributed by atoms with Crippen LogP contribution in [0.25, 0.3) is 0 Å². The van der Waals surface area contributed by atoms with E-state index in [0.29, 0.717) is 18.0 Å². The zero-order valence-electron chi connectivity index (χ0n) is 13.7. The second-order valence-corrected chi connectivity index (χ2v) is 5.65. The van der Waals surface area contributed by atoms with Crippen molar-refractivity contribution >= 4 is 29.1 Å². The third-order valence-corrected chi connectivity index (χ3v) is 3.88. The lowest BCUT2D eigenvalue weighted by molar-refractivity contribution is -0.143. The number of carbonyl (C=O) groups excluding carboxylic acids is 3. The Morgan fingerprint density at radius 3 is 2.80 bits per heavy atom. The number of nitrogens with two attached hydrogens (primary N) is 1. The maximum atomic E-state index is 12.7. The minimum absolute atomic E-state index is 0.0876. The van der Waals surface area contributed by atoms with Gasteiger partial charge in [0.25, 0.3) is 23.3 Å². The number of nitrogens with one attached hydrogen (secondary N) is 2. The fourth-order valence-corrected chi connectivity index (χ4v) is 2.41. The van der Waals surface area contributed by atoms with Gasteiger partial charge in [-0.2, -0.15) is 5.10 Å². The predicted molar refractivity (Wildman–Crippen MR) is 89.2 cm³/mol. The number of hydrogen-bond donors (Lipinski definition) is 3. The average Bonchev–Trinajstić information content (AvgIpc) is 2.99. The predicted octanol–water partition coefficient (Wildman–Crippen LogP) is 0.730. The van der Waals surface area contributed by atoms with Gasteiger partial charge in [0.15, 0.2) is 5.69 Å². The zero-order valence-corrected chi connectivity index (χ0v) is 13.7. The van der Waals surface area contributed by atoms with E-state index in [1.54, 1.807) is 24.3 Å². The fourth-order valence-electron chi connectivity index (χ4n) is 2.41. The first-order valence-corrected chi connectivity index (χ1v) is 7.63. The monoisotopic (exact) mass is 343 g/mol. The smallest absolute Gasteiger partial charge is 0.278 e. The highest BCUT2D eigenvalue weighted by Gasteiger charge is 2.47. The summed E-state index contributed by atoms with van der Waals surface area (Å²) in [4.78, 5) is 36.6. The van der Waals surface area contributed by atoms with Crippen LogP contribution in [-0.2, 0) is 16.1 Å². The minimum atomic E-state index is -1.81. The highest BCUT2D eigenvalue weighted by molar-refractivity contribution is 6.19. The van der Waals surface area contributed by atoms with Crippen molar-refractivity contribution in [3.8, 4) is 5.75 Å². The molecule has 3 rings (SSSR count). The van der Waals surface area contributed by atoms with Crippen LogP contribution in [0.1, 0.15) is 24.3 Å². The van der Waals surface area contributed by atoms with Crippen molar-refractivity contribution in [2.24, 2.45) is 5.73 Å². The van der Waals surface area contributed by atoms with E-state index in [2.05, 4.69) is 15.7 Å². The molecule has 1 aliphatic rings. The molecule has 3 amide bonds. The Morgan fingerprint density at radius 1 is 1.40 bits per heavy atom. The van der Waals surface area contributed by atoms with Gasteiger partial charge < -0.3 is 21.1 Å². The highest BCUT2D eigenvalue weighted by Crippen LogP contribution is 2.33. The second kappa shape index (κ2) is 5.93. The van der Waals surface area contributed by atoms with E-state index >= 15 is 0 Å². The second-order valence-electron chi connectivity index (χ2n) is 5.65. The number of anilines is 2. The van der Waals surface area contributed by atoms with E-state index in [1.165, 1.54) is 17.8 Å². The zero-order chi connectivity index (χ0) is 18.2. The van der Waals surface area contributed by atoms with Gasteiger partial charge in [0, 0.05) is 12.7 Å². The standard InChI is InChI=1S/C16H17N5O4/c1-3-21-8-10(12(20-21)13(17)22)19-15(24)16(2)14(23)18-9-6-4-5-7-11(9)25-16/h4-8H,3H2,1-2H3,(H2,17,22)(H,18,23)(H,19,24)/t16-/m1/s1. The van der Waals surface area contributed by atoms with Crippen molar-refractivity contribution < 1.29 is 19.1 Å². The SMILES string of the molecule is CCn1cc(NC(=O)[C@]2(C)Oc3ccccc3NC2=O)c(C(N)=O)n1. The van der Waals surface area contributed by atoms with Gasteiger partial charge in [0.1, 0.15) is 5.75 Å². The molecule has 0 aliphatic carbocycles. The van der Waals surface area contributed by atoms with Gasteiger partial charge in [0.2, 0.25) is 0 Å². The van der Waals surface area contributed by atoms with Crippen LogP contribution >= 0.6 is 0 Å². The first kappa shape index (κ1) is 16.5. The van der Waals surface area contributed by atoms with Gasteiger partial charge in [-0.3, -0.25) is 19.1 Å². The number of hydrogen-bond acceptors (Lipinski definition) is 5. The molecule has 0 saturated carbocycles. The molecule has 1 aromatic heterocycles. The molecule has 2 aromatic rings. The first-order chi connectivity index (χ1) is 11.8. The van der Waals surface area contributed by atoms with E-state index < -0.39 is 23.3 Å². The molecule has 0 unspecified atom stereocenters. The highest BCUT2D eigenvalue weighted by atomic mass is 16.5. The Labute approximate surface area is 143 Å². The third kappa shape index (κ3) is 2.80. The Balaban J connectivity index is 1.90. The molecule has 0 fully saturated rings. The Kier molecular flexibility index (Phi) is 3.91. The Hall–Kier alpha value is -3.36. The molecule has 0 bridgehead atoms. The van der Waals surface area contributed by atoms with Crippen LogP contribution < -0.4 is 21.1 Å². The van der Waals surface area contributed by atoms with Gasteiger partial charge in [-0.05, 0) is 26.0 Å². The van der Waals surface area contributed by atoms with Gasteiger partial charge in [-0.1, -0.05) is 12.1 Å². The first-order valence-electron chi connectivity index (χ1n) is 7.63. The van der Waals surface area contributed by atoms with Crippen molar-refractivity contribution in [3.63, 3.8) is 0 Å². The van der Waals surface area contributed by atoms with Crippen LogP contribution in [0, 0.1) is 0 Å². The summed E-state index contributed by atoms with van der Waals surface area (Å²) in [6.07, 6.45) is 1.47. The molecule has 0 spiro atoms. The van der Waals surface area contributed by atoms with Crippen molar-refractivity contribution in [2.45, 2.75) is 26.0 Å². The molecule has 0 saturated heterocycles. The molecular formula is C16H17N5O4. The largest absolute Gasteiger partial charge is 0.466 e. The number of amides is 3. The summed E-state index contributed by atoms with van der Waals surface area (Å²) in [5, 5.41) is 9.13. The molecule has 4 N–H and O–H groups in total. The molecule has 130 valence electrons. The number of aryl methyl sites for hydroxylation is 1.